The summed E-state index contributed by atoms with van der Waals surface area (Å²) < 4.78 is 11.6. The molecule has 3 aliphatic rings. The number of carbonyl (C=O) groups is 1. The molecule has 5 unspecified atom stereocenters. The van der Waals surface area contributed by atoms with Gasteiger partial charge in [0.15, 0.2) is 6.29 Å². The molecule has 0 aliphatic carbocycles. The van der Waals surface area contributed by atoms with Gasteiger partial charge in [-0.3, -0.25) is 9.69 Å². The Morgan fingerprint density at radius 1 is 0.872 bits per heavy atom. The first kappa shape index (κ1) is 34.7. The summed E-state index contributed by atoms with van der Waals surface area (Å²) in [5.74, 6) is -0.538. The van der Waals surface area contributed by atoms with E-state index in [1.165, 1.54) is 38.8 Å². The second-order valence-electron chi connectivity index (χ2n) is 13.1. The molecular formula is C37H44Cl3N3O4. The lowest BCUT2D eigenvalue weighted by Crippen LogP contribution is -2.48. The summed E-state index contributed by atoms with van der Waals surface area (Å²) in [5, 5.41) is 12.3. The van der Waals surface area contributed by atoms with Gasteiger partial charge in [0.1, 0.15) is 0 Å². The average molecular weight is 701 g/mol. The van der Waals surface area contributed by atoms with Crippen molar-refractivity contribution in [3.63, 3.8) is 0 Å². The van der Waals surface area contributed by atoms with Crippen LogP contribution in [-0.4, -0.2) is 69.5 Å². The Morgan fingerprint density at radius 2 is 1.60 bits per heavy atom. The van der Waals surface area contributed by atoms with E-state index in [9.17, 15) is 9.90 Å². The third-order valence-electron chi connectivity index (χ3n) is 9.83. The van der Waals surface area contributed by atoms with Gasteiger partial charge in [0.2, 0.25) is 0 Å². The molecule has 0 spiro atoms. The van der Waals surface area contributed by atoms with Crippen molar-refractivity contribution in [2.45, 2.75) is 74.1 Å². The SMILES string of the molecule is CC1C(CN2CCCC2CN2CCCC2)OC(c2cccc(-c3cccc(CNC(=O)C(Cl)(Cl)Cl)c3)c2)OC1c1ccc(CO)cc1. The van der Waals surface area contributed by atoms with Crippen LogP contribution in [0.3, 0.4) is 0 Å². The molecule has 0 saturated carbocycles. The smallest absolute Gasteiger partial charge is 0.272 e. The number of rotatable bonds is 10. The number of nitrogens with one attached hydrogen (secondary N) is 1. The second kappa shape index (κ2) is 15.6. The maximum atomic E-state index is 12.1. The van der Waals surface area contributed by atoms with E-state index < -0.39 is 16.0 Å². The zero-order chi connectivity index (χ0) is 33.0. The molecule has 3 fully saturated rings. The molecule has 0 radical (unpaired) electrons. The predicted molar refractivity (Wildman–Crippen MR) is 187 cm³/mol. The van der Waals surface area contributed by atoms with Gasteiger partial charge in [-0.1, -0.05) is 102 Å². The number of ether oxygens (including phenoxy) is 2. The van der Waals surface area contributed by atoms with E-state index >= 15 is 0 Å². The lowest BCUT2D eigenvalue weighted by molar-refractivity contribution is -0.276. The van der Waals surface area contributed by atoms with Gasteiger partial charge < -0.3 is 24.8 Å². The van der Waals surface area contributed by atoms with Gasteiger partial charge in [0, 0.05) is 37.2 Å². The Hall–Kier alpha value is -2.20. The summed E-state index contributed by atoms with van der Waals surface area (Å²) in [6.45, 7) is 8.02. The van der Waals surface area contributed by atoms with Crippen LogP contribution in [0.5, 0.6) is 0 Å². The topological polar surface area (TPSA) is 74.3 Å². The third kappa shape index (κ3) is 8.70. The van der Waals surface area contributed by atoms with Gasteiger partial charge in [-0.25, -0.2) is 0 Å². The molecule has 3 saturated heterocycles. The average Bonchev–Trinajstić information content (AvgIpc) is 3.77. The van der Waals surface area contributed by atoms with Gasteiger partial charge in [0.05, 0.1) is 18.8 Å². The van der Waals surface area contributed by atoms with E-state index in [0.717, 1.165) is 53.0 Å². The van der Waals surface area contributed by atoms with Gasteiger partial charge in [-0.15, -0.1) is 0 Å². The van der Waals surface area contributed by atoms with Crippen molar-refractivity contribution in [2.24, 2.45) is 5.92 Å². The minimum atomic E-state index is -2.01. The molecule has 0 aromatic heterocycles. The van der Waals surface area contributed by atoms with Crippen LogP contribution in [0.2, 0.25) is 0 Å². The molecule has 7 nitrogen and oxygen atoms in total. The molecule has 3 aliphatic heterocycles. The number of hydrogen-bond donors (Lipinski definition) is 2. The fourth-order valence-electron chi connectivity index (χ4n) is 7.17. The largest absolute Gasteiger partial charge is 0.392 e. The highest BCUT2D eigenvalue weighted by Gasteiger charge is 2.41. The van der Waals surface area contributed by atoms with E-state index in [0.29, 0.717) is 6.04 Å². The van der Waals surface area contributed by atoms with Crippen LogP contribution in [0.4, 0.5) is 0 Å². The highest BCUT2D eigenvalue weighted by atomic mass is 35.6. The van der Waals surface area contributed by atoms with Gasteiger partial charge >= 0.3 is 0 Å². The fraction of sp³-hybridized carbons (Fsp3) is 0.486. The predicted octanol–water partition coefficient (Wildman–Crippen LogP) is 7.18. The van der Waals surface area contributed by atoms with E-state index in [2.05, 4.69) is 52.4 Å². The summed E-state index contributed by atoms with van der Waals surface area (Å²) in [4.78, 5) is 17.4. The maximum absolute atomic E-state index is 12.1. The molecule has 47 heavy (non-hydrogen) atoms. The number of amides is 1. The number of aliphatic hydroxyl groups excluding tert-OH is 1. The number of halogens is 3. The minimum absolute atomic E-state index is 0.0103. The maximum Gasteiger partial charge on any atom is 0.272 e. The monoisotopic (exact) mass is 699 g/mol. The number of benzene rings is 3. The van der Waals surface area contributed by atoms with Crippen LogP contribution in [0, 0.1) is 5.92 Å². The van der Waals surface area contributed by atoms with Gasteiger partial charge in [0.25, 0.3) is 9.70 Å². The lowest BCUT2D eigenvalue weighted by Gasteiger charge is -2.43. The minimum Gasteiger partial charge on any atom is -0.392 e. The Morgan fingerprint density at radius 3 is 2.32 bits per heavy atom. The second-order valence-corrected chi connectivity index (χ2v) is 15.4. The van der Waals surface area contributed by atoms with Crippen LogP contribution in [0.25, 0.3) is 11.1 Å². The number of likely N-dealkylation sites (tertiary alicyclic amines) is 2. The Labute approximate surface area is 293 Å². The lowest BCUT2D eigenvalue weighted by atomic mass is 9.89. The van der Waals surface area contributed by atoms with Crippen molar-refractivity contribution in [1.29, 1.82) is 0 Å². The van der Waals surface area contributed by atoms with E-state index in [-0.39, 0.29) is 31.3 Å². The van der Waals surface area contributed by atoms with Crippen molar-refractivity contribution in [2.75, 3.05) is 32.7 Å². The summed E-state index contributed by atoms with van der Waals surface area (Å²) in [6.07, 6.45) is 4.33. The van der Waals surface area contributed by atoms with Crippen molar-refractivity contribution in [3.8, 4) is 11.1 Å². The van der Waals surface area contributed by atoms with Crippen molar-refractivity contribution in [1.82, 2.24) is 15.1 Å². The Bertz CT molecular complexity index is 1490. The quantitative estimate of drug-likeness (QED) is 0.218. The van der Waals surface area contributed by atoms with Gasteiger partial charge in [-0.2, -0.15) is 0 Å². The summed E-state index contributed by atoms with van der Waals surface area (Å²) >= 11 is 17.2. The number of nitrogens with zero attached hydrogens (tertiary/aromatic N) is 2. The molecule has 3 aromatic rings. The Kier molecular flexibility index (Phi) is 11.5. The Balaban J connectivity index is 1.23. The first-order chi connectivity index (χ1) is 22.7. The molecule has 3 aromatic carbocycles. The van der Waals surface area contributed by atoms with Crippen LogP contribution in [-0.2, 0) is 27.4 Å². The number of hydrogen-bond acceptors (Lipinski definition) is 6. The first-order valence-electron chi connectivity index (χ1n) is 16.7. The number of carbonyl (C=O) groups excluding carboxylic acids is 1. The number of alkyl halides is 3. The zero-order valence-electron chi connectivity index (χ0n) is 26.8. The fourth-order valence-corrected chi connectivity index (χ4v) is 7.37. The molecule has 10 heteroatoms. The molecule has 3 heterocycles. The highest BCUT2D eigenvalue weighted by molar-refractivity contribution is 6.76. The molecule has 6 rings (SSSR count). The van der Waals surface area contributed by atoms with Crippen molar-refractivity contribution in [3.05, 3.63) is 95.1 Å². The van der Waals surface area contributed by atoms with E-state index in [1.807, 2.05) is 42.5 Å². The van der Waals surface area contributed by atoms with Gasteiger partial charge in [-0.05, 0) is 85.3 Å². The summed E-state index contributed by atoms with van der Waals surface area (Å²) in [7, 11) is 0. The molecule has 0 bridgehead atoms. The van der Waals surface area contributed by atoms with Crippen LogP contribution < -0.4 is 5.32 Å². The van der Waals surface area contributed by atoms with Crippen LogP contribution in [0.15, 0.2) is 72.8 Å². The van der Waals surface area contributed by atoms with Crippen molar-refractivity contribution < 1.29 is 19.4 Å². The van der Waals surface area contributed by atoms with Crippen LogP contribution in [0.1, 0.15) is 67.3 Å². The molecular weight excluding hydrogens is 657 g/mol. The highest BCUT2D eigenvalue weighted by Crippen LogP contribution is 2.43. The molecule has 2 N–H and O–H groups in total. The standard InChI is InChI=1S/C37H44Cl3N3O4/c1-25-33(23-43-18-6-11-32(43)22-42-16-2-3-17-42)46-35(47-34(25)28-14-12-26(24-44)13-15-28)31-10-5-9-30(20-31)29-8-4-7-27(19-29)21-41-36(45)37(38,39)40/h4-5,7-10,12-15,19-20,25,32-35,44H,2-3,6,11,16-18,21-24H2,1H3,(H,41,45). The van der Waals surface area contributed by atoms with Crippen LogP contribution >= 0.6 is 34.8 Å². The molecule has 1 amide bonds. The summed E-state index contributed by atoms with van der Waals surface area (Å²) in [6, 6.07) is 24.8. The van der Waals surface area contributed by atoms with E-state index in [4.69, 9.17) is 44.3 Å². The van der Waals surface area contributed by atoms with E-state index in [1.54, 1.807) is 0 Å². The third-order valence-corrected chi connectivity index (χ3v) is 10.3. The van der Waals surface area contributed by atoms with Crippen molar-refractivity contribution >= 4 is 40.7 Å². The molecule has 5 atom stereocenters. The molecule has 252 valence electrons. The normalized spacial score (nSPS) is 25.7. The summed E-state index contributed by atoms with van der Waals surface area (Å²) in [5.41, 5.74) is 5.80. The number of aliphatic hydroxyl groups is 1. The zero-order valence-corrected chi connectivity index (χ0v) is 29.1. The first-order valence-corrected chi connectivity index (χ1v) is 17.8.